The molecule has 248 valence electrons. The molecular weight excluding hydrogens is 570 g/mol. The van der Waals surface area contributed by atoms with E-state index in [0.717, 1.165) is 12.8 Å². The van der Waals surface area contributed by atoms with Gasteiger partial charge in [0.05, 0.1) is 13.5 Å². The van der Waals surface area contributed by atoms with Crippen LogP contribution in [0, 0.1) is 0 Å². The van der Waals surface area contributed by atoms with E-state index in [0.29, 0.717) is 19.5 Å². The summed E-state index contributed by atoms with van der Waals surface area (Å²) in [7, 11) is 1.24. The van der Waals surface area contributed by atoms with Gasteiger partial charge in [-0.1, -0.05) is 109 Å². The third-order valence-corrected chi connectivity index (χ3v) is 7.24. The van der Waals surface area contributed by atoms with Crippen molar-refractivity contribution >= 4 is 18.2 Å². The van der Waals surface area contributed by atoms with Crippen molar-refractivity contribution in [3.05, 3.63) is 30.6 Å². The van der Waals surface area contributed by atoms with Gasteiger partial charge in [0.15, 0.2) is 12.4 Å². The number of carbonyl (C=O) groups excluding carboxylic acids is 3. The highest BCUT2D eigenvalue weighted by Crippen LogP contribution is 2.13. The molecule has 0 aliphatic rings. The summed E-state index contributed by atoms with van der Waals surface area (Å²) in [5, 5.41) is 5.29. The van der Waals surface area contributed by atoms with Crippen LogP contribution in [0.2, 0.25) is 0 Å². The number of nitrogens with one attached hydrogen (secondary N) is 2. The Morgan fingerprint density at radius 1 is 0.674 bits per heavy atom. The monoisotopic (exact) mass is 627 g/mol. The number of alkyl carbamates (subject to hydrolysis) is 2. The molecular formula is C33H58ClN3O6. The quantitative estimate of drug-likeness (QED) is 0.0696. The smallest absolute Gasteiger partial charge is 0.407 e. The first-order chi connectivity index (χ1) is 20.5. The maximum Gasteiger partial charge on any atom is 0.407 e. The van der Waals surface area contributed by atoms with Gasteiger partial charge < -0.3 is 37.3 Å². The lowest BCUT2D eigenvalue weighted by molar-refractivity contribution is -0.697. The number of rotatable bonds is 26. The lowest BCUT2D eigenvalue weighted by atomic mass is 10.0. The number of ether oxygens (including phenoxy) is 3. The number of methoxy groups -OCH3 is 1. The molecule has 0 fully saturated rings. The first-order valence-electron chi connectivity index (χ1n) is 16.4. The van der Waals surface area contributed by atoms with Gasteiger partial charge >= 0.3 is 18.2 Å². The van der Waals surface area contributed by atoms with Crippen molar-refractivity contribution < 1.29 is 45.6 Å². The van der Waals surface area contributed by atoms with E-state index >= 15 is 0 Å². The Kier molecular flexibility index (Phi) is 27.8. The minimum Gasteiger partial charge on any atom is -1.00 e. The Labute approximate surface area is 266 Å². The number of carbonyl (C=O) groups is 3. The molecule has 0 aliphatic carbocycles. The van der Waals surface area contributed by atoms with Crippen molar-refractivity contribution in [2.45, 2.75) is 135 Å². The second-order valence-electron chi connectivity index (χ2n) is 11.1. The van der Waals surface area contributed by atoms with Crippen molar-refractivity contribution in [2.75, 3.05) is 26.9 Å². The fourth-order valence-electron chi connectivity index (χ4n) is 4.70. The molecule has 0 saturated heterocycles. The van der Waals surface area contributed by atoms with Crippen LogP contribution in [0.5, 0.6) is 0 Å². The zero-order chi connectivity index (χ0) is 30.5. The third-order valence-electron chi connectivity index (χ3n) is 7.24. The second-order valence-corrected chi connectivity index (χ2v) is 11.1. The molecule has 10 heteroatoms. The van der Waals surface area contributed by atoms with E-state index in [9.17, 15) is 14.4 Å². The summed E-state index contributed by atoms with van der Waals surface area (Å²) < 4.78 is 17.1. The van der Waals surface area contributed by atoms with Gasteiger partial charge in [0.2, 0.25) is 0 Å². The maximum absolute atomic E-state index is 12.1. The molecule has 2 amide bonds. The van der Waals surface area contributed by atoms with E-state index in [-0.39, 0.29) is 38.0 Å². The molecule has 9 nitrogen and oxygen atoms in total. The molecule has 0 aromatic carbocycles. The van der Waals surface area contributed by atoms with Gasteiger partial charge in [-0.2, -0.15) is 0 Å². The molecule has 1 aromatic heterocycles. The first-order valence-corrected chi connectivity index (χ1v) is 16.4. The third kappa shape index (κ3) is 25.6. The average Bonchev–Trinajstić information content (AvgIpc) is 3.00. The van der Waals surface area contributed by atoms with Crippen LogP contribution in [-0.4, -0.2) is 51.1 Å². The summed E-state index contributed by atoms with van der Waals surface area (Å²) in [6.45, 7) is 3.26. The predicted molar refractivity (Wildman–Crippen MR) is 165 cm³/mol. The van der Waals surface area contributed by atoms with Crippen molar-refractivity contribution in [1.82, 2.24) is 10.6 Å². The Hall–Kier alpha value is -2.55. The minimum atomic E-state index is -0.703. The highest BCUT2D eigenvalue weighted by Gasteiger charge is 2.18. The molecule has 2 N–H and O–H groups in total. The highest BCUT2D eigenvalue weighted by molar-refractivity contribution is 5.70. The molecule has 1 unspecified atom stereocenters. The largest absolute Gasteiger partial charge is 1.00 e. The number of halogens is 1. The van der Waals surface area contributed by atoms with Crippen molar-refractivity contribution in [3.8, 4) is 0 Å². The zero-order valence-corrected chi connectivity index (χ0v) is 27.6. The second kappa shape index (κ2) is 29.5. The molecule has 1 heterocycles. The van der Waals surface area contributed by atoms with Crippen LogP contribution < -0.4 is 27.6 Å². The summed E-state index contributed by atoms with van der Waals surface area (Å²) in [6.07, 6.45) is 24.3. The van der Waals surface area contributed by atoms with Crippen molar-refractivity contribution in [1.29, 1.82) is 0 Å². The van der Waals surface area contributed by atoms with Gasteiger partial charge in [-0.15, -0.1) is 0 Å². The zero-order valence-electron chi connectivity index (χ0n) is 26.8. The van der Waals surface area contributed by atoms with Crippen LogP contribution in [-0.2, 0) is 25.5 Å². The molecule has 43 heavy (non-hydrogen) atoms. The van der Waals surface area contributed by atoms with Crippen LogP contribution >= 0.6 is 0 Å². The van der Waals surface area contributed by atoms with Crippen LogP contribution in [0.3, 0.4) is 0 Å². The number of unbranched alkanes of at least 4 members (excludes halogenated alkanes) is 15. The Morgan fingerprint density at radius 2 is 1.19 bits per heavy atom. The maximum atomic E-state index is 12.1. The molecule has 1 atom stereocenters. The van der Waals surface area contributed by atoms with Gasteiger partial charge in [-0.3, -0.25) is 4.79 Å². The molecule has 0 spiro atoms. The number of hydrogen-bond donors (Lipinski definition) is 2. The lowest BCUT2D eigenvalue weighted by Gasteiger charge is -2.18. The Balaban J connectivity index is 0.0000176. The number of hydrogen-bond acceptors (Lipinski definition) is 6. The Bertz CT molecular complexity index is 815. The summed E-state index contributed by atoms with van der Waals surface area (Å²) in [5.41, 5.74) is 0. The fourth-order valence-corrected chi connectivity index (χ4v) is 4.70. The summed E-state index contributed by atoms with van der Waals surface area (Å²) in [6, 6.07) is 5.09. The SMILES string of the molecule is CCCCCCCCCCCCCCCCCCNC(=O)OCC(COC(=O)CCC[n+]1ccccc1)NC(=O)OC.[Cl-]. The van der Waals surface area contributed by atoms with Crippen LogP contribution in [0.4, 0.5) is 9.59 Å². The number of amides is 2. The van der Waals surface area contributed by atoms with Gasteiger partial charge in [-0.25, -0.2) is 14.2 Å². The van der Waals surface area contributed by atoms with E-state index in [1.54, 1.807) is 0 Å². The number of esters is 1. The van der Waals surface area contributed by atoms with E-state index in [1.165, 1.54) is 97.0 Å². The first kappa shape index (κ1) is 40.5. The van der Waals surface area contributed by atoms with Gasteiger partial charge in [-0.05, 0) is 6.42 Å². The summed E-state index contributed by atoms with van der Waals surface area (Å²) in [4.78, 5) is 35.9. The van der Waals surface area contributed by atoms with Crippen molar-refractivity contribution in [2.24, 2.45) is 0 Å². The number of nitrogens with zero attached hydrogens (tertiary/aromatic N) is 1. The van der Waals surface area contributed by atoms with Gasteiger partial charge in [0.1, 0.15) is 25.8 Å². The molecule has 0 saturated carbocycles. The Morgan fingerprint density at radius 3 is 1.72 bits per heavy atom. The highest BCUT2D eigenvalue weighted by atomic mass is 35.5. The molecule has 0 radical (unpaired) electrons. The van der Waals surface area contributed by atoms with E-state index in [4.69, 9.17) is 9.47 Å². The number of aromatic nitrogens is 1. The molecule has 0 aliphatic heterocycles. The number of aryl methyl sites for hydroxylation is 1. The van der Waals surface area contributed by atoms with Gasteiger partial charge in [0.25, 0.3) is 0 Å². The molecule has 1 rings (SSSR count). The van der Waals surface area contributed by atoms with Crippen LogP contribution in [0.15, 0.2) is 30.6 Å². The normalized spacial score (nSPS) is 11.2. The topological polar surface area (TPSA) is 107 Å². The summed E-state index contributed by atoms with van der Waals surface area (Å²) in [5.74, 6) is -0.379. The van der Waals surface area contributed by atoms with Crippen LogP contribution in [0.25, 0.3) is 0 Å². The average molecular weight is 628 g/mol. The lowest BCUT2D eigenvalue weighted by Crippen LogP contribution is -3.00. The predicted octanol–water partition coefficient (Wildman–Crippen LogP) is 4.01. The van der Waals surface area contributed by atoms with E-state index < -0.39 is 18.2 Å². The van der Waals surface area contributed by atoms with Crippen molar-refractivity contribution in [3.63, 3.8) is 0 Å². The standard InChI is InChI=1S/C33H57N3O6.ClH/c1-3-4-5-6-7-8-9-10-11-12-13-14-15-16-17-19-24-34-32(38)42-29-30(35-33(39)40-2)28-41-31(37)23-22-27-36-25-20-18-21-26-36;/h18,20-21,25-26,30H,3-17,19,22-24,27-29H2,1-2H3,(H-,34,35,38,39);1H. The molecule has 1 aromatic rings. The fraction of sp³-hybridized carbons (Fsp3) is 0.758. The molecule has 0 bridgehead atoms. The minimum absolute atomic E-state index is 0. The van der Waals surface area contributed by atoms with E-state index in [1.807, 2.05) is 35.2 Å². The summed E-state index contributed by atoms with van der Waals surface area (Å²) >= 11 is 0. The van der Waals surface area contributed by atoms with Gasteiger partial charge in [0, 0.05) is 25.1 Å². The van der Waals surface area contributed by atoms with E-state index in [2.05, 4.69) is 22.3 Å². The number of pyridine rings is 1. The van der Waals surface area contributed by atoms with Crippen LogP contribution in [0.1, 0.15) is 122 Å².